The highest BCUT2D eigenvalue weighted by atomic mass is 35.5. The Labute approximate surface area is 212 Å². The molecule has 1 atom stereocenters. The van der Waals surface area contributed by atoms with Crippen molar-refractivity contribution in [1.82, 2.24) is 10.6 Å². The van der Waals surface area contributed by atoms with Crippen molar-refractivity contribution in [2.45, 2.75) is 12.6 Å². The molecule has 2 N–H and O–H groups in total. The number of esters is 1. The van der Waals surface area contributed by atoms with E-state index in [2.05, 4.69) is 10.6 Å². The van der Waals surface area contributed by atoms with Crippen LogP contribution in [-0.4, -0.2) is 25.3 Å². The molecule has 0 aliphatic carbocycles. The van der Waals surface area contributed by atoms with Gasteiger partial charge < -0.3 is 24.8 Å². The molecule has 0 spiro atoms. The van der Waals surface area contributed by atoms with Gasteiger partial charge in [0.1, 0.15) is 12.4 Å². The number of thiocarbonyl (C=S) groups is 1. The monoisotopic (exact) mass is 512 g/mol. The van der Waals surface area contributed by atoms with Gasteiger partial charge in [-0.1, -0.05) is 41.9 Å². The Morgan fingerprint density at radius 3 is 2.40 bits per heavy atom. The standard InChI is InChI=1S/C26H22ClFN2O4S/c1-32-21-13-17(7-12-20(21)34-14-15-3-10-19(28)11-4-15)24-22(25(31)33-2)23(29-26(35)30-24)16-5-8-18(27)9-6-16/h3-13,24H,14H2,1-2H3,(H2,29,30,35)/t24-/m0/s1. The summed E-state index contributed by atoms with van der Waals surface area (Å²) in [6, 6.07) is 17.9. The Bertz CT molecular complexity index is 1280. The highest BCUT2D eigenvalue weighted by Gasteiger charge is 2.33. The average molecular weight is 513 g/mol. The Morgan fingerprint density at radius 2 is 1.74 bits per heavy atom. The molecule has 0 saturated carbocycles. The fourth-order valence-corrected chi connectivity index (χ4v) is 4.06. The quantitative estimate of drug-likeness (QED) is 0.334. The lowest BCUT2D eigenvalue weighted by Crippen LogP contribution is -2.45. The molecule has 0 aromatic heterocycles. The highest BCUT2D eigenvalue weighted by Crippen LogP contribution is 2.37. The van der Waals surface area contributed by atoms with Gasteiger partial charge in [-0.15, -0.1) is 0 Å². The SMILES string of the molecule is COC(=O)C1=C(c2ccc(Cl)cc2)NC(=S)N[C@H]1c1ccc(OCc2ccc(F)cc2)c(OC)c1. The average Bonchev–Trinajstić information content (AvgIpc) is 2.87. The zero-order valence-corrected chi connectivity index (χ0v) is 20.5. The molecule has 1 aliphatic rings. The molecule has 1 aliphatic heterocycles. The molecule has 0 saturated heterocycles. The summed E-state index contributed by atoms with van der Waals surface area (Å²) in [7, 11) is 2.85. The fraction of sp³-hybridized carbons (Fsp3) is 0.154. The highest BCUT2D eigenvalue weighted by molar-refractivity contribution is 7.80. The van der Waals surface area contributed by atoms with Crippen LogP contribution in [0.4, 0.5) is 4.39 Å². The van der Waals surface area contributed by atoms with E-state index >= 15 is 0 Å². The van der Waals surface area contributed by atoms with Crippen molar-refractivity contribution in [3.8, 4) is 11.5 Å². The first kappa shape index (κ1) is 24.5. The van der Waals surface area contributed by atoms with Gasteiger partial charge in [-0.2, -0.15) is 0 Å². The van der Waals surface area contributed by atoms with Crippen molar-refractivity contribution in [3.05, 3.63) is 99.8 Å². The van der Waals surface area contributed by atoms with Crippen LogP contribution in [0.3, 0.4) is 0 Å². The van der Waals surface area contributed by atoms with Gasteiger partial charge in [0.15, 0.2) is 16.6 Å². The molecule has 1 heterocycles. The van der Waals surface area contributed by atoms with E-state index in [4.69, 9.17) is 38.0 Å². The van der Waals surface area contributed by atoms with Gasteiger partial charge in [-0.3, -0.25) is 0 Å². The molecular weight excluding hydrogens is 491 g/mol. The van der Waals surface area contributed by atoms with Gasteiger partial charge in [-0.25, -0.2) is 9.18 Å². The molecular formula is C26H22ClFN2O4S. The van der Waals surface area contributed by atoms with Gasteiger partial charge in [0.2, 0.25) is 0 Å². The minimum absolute atomic E-state index is 0.236. The molecule has 4 rings (SSSR count). The maximum absolute atomic E-state index is 13.2. The Kier molecular flexibility index (Phi) is 7.53. The van der Waals surface area contributed by atoms with Gasteiger partial charge in [0.05, 0.1) is 31.5 Å². The second kappa shape index (κ2) is 10.8. The maximum atomic E-state index is 13.2. The van der Waals surface area contributed by atoms with Crippen molar-refractivity contribution < 1.29 is 23.4 Å². The smallest absolute Gasteiger partial charge is 0.338 e. The lowest BCUT2D eigenvalue weighted by molar-refractivity contribution is -0.136. The third-order valence-electron chi connectivity index (χ3n) is 5.44. The van der Waals surface area contributed by atoms with Gasteiger partial charge >= 0.3 is 5.97 Å². The van der Waals surface area contributed by atoms with Crippen LogP contribution in [0.1, 0.15) is 22.7 Å². The zero-order valence-electron chi connectivity index (χ0n) is 18.9. The minimum atomic E-state index is -0.609. The molecule has 9 heteroatoms. The number of benzene rings is 3. The maximum Gasteiger partial charge on any atom is 0.338 e. The van der Waals surface area contributed by atoms with E-state index in [1.165, 1.54) is 26.4 Å². The third-order valence-corrected chi connectivity index (χ3v) is 5.91. The second-order valence-corrected chi connectivity index (χ2v) is 8.49. The van der Waals surface area contributed by atoms with Crippen molar-refractivity contribution in [2.24, 2.45) is 0 Å². The topological polar surface area (TPSA) is 68.8 Å². The molecule has 0 fully saturated rings. The van der Waals surface area contributed by atoms with Crippen molar-refractivity contribution in [2.75, 3.05) is 14.2 Å². The van der Waals surface area contributed by atoms with Crippen LogP contribution >= 0.6 is 23.8 Å². The molecule has 6 nitrogen and oxygen atoms in total. The van der Waals surface area contributed by atoms with Crippen LogP contribution in [0, 0.1) is 5.82 Å². The van der Waals surface area contributed by atoms with E-state index in [0.29, 0.717) is 38.5 Å². The molecule has 0 bridgehead atoms. The normalized spacial score (nSPS) is 15.2. The Morgan fingerprint density at radius 1 is 1.03 bits per heavy atom. The number of carbonyl (C=O) groups is 1. The molecule has 180 valence electrons. The summed E-state index contributed by atoms with van der Waals surface area (Å²) in [5.74, 6) is 0.139. The number of hydrogen-bond acceptors (Lipinski definition) is 5. The molecule has 0 radical (unpaired) electrons. The Hall–Kier alpha value is -3.62. The number of hydrogen-bond donors (Lipinski definition) is 2. The predicted octanol–water partition coefficient (Wildman–Crippen LogP) is 5.17. The van der Waals surface area contributed by atoms with E-state index < -0.39 is 12.0 Å². The van der Waals surface area contributed by atoms with Gasteiger partial charge in [0, 0.05) is 5.02 Å². The number of halogens is 2. The van der Waals surface area contributed by atoms with Crippen LogP contribution in [0.25, 0.3) is 5.70 Å². The summed E-state index contributed by atoms with van der Waals surface area (Å²) in [6.45, 7) is 0.236. The first-order valence-corrected chi connectivity index (χ1v) is 11.4. The van der Waals surface area contributed by atoms with Gasteiger partial charge in [0.25, 0.3) is 0 Å². The zero-order chi connectivity index (χ0) is 24.9. The number of ether oxygens (including phenoxy) is 3. The fourth-order valence-electron chi connectivity index (χ4n) is 3.71. The first-order valence-electron chi connectivity index (χ1n) is 10.6. The van der Waals surface area contributed by atoms with Crippen LogP contribution < -0.4 is 20.1 Å². The molecule has 0 amide bonds. The van der Waals surface area contributed by atoms with Crippen molar-refractivity contribution in [3.63, 3.8) is 0 Å². The Balaban J connectivity index is 1.70. The summed E-state index contributed by atoms with van der Waals surface area (Å²) >= 11 is 11.5. The summed E-state index contributed by atoms with van der Waals surface area (Å²) in [4.78, 5) is 12.9. The van der Waals surface area contributed by atoms with Crippen LogP contribution in [0.5, 0.6) is 11.5 Å². The number of methoxy groups -OCH3 is 2. The number of carbonyl (C=O) groups excluding carboxylic acids is 1. The summed E-state index contributed by atoms with van der Waals surface area (Å²) in [6.07, 6.45) is 0. The minimum Gasteiger partial charge on any atom is -0.493 e. The predicted molar refractivity (Wildman–Crippen MR) is 136 cm³/mol. The summed E-state index contributed by atoms with van der Waals surface area (Å²) < 4.78 is 29.7. The lowest BCUT2D eigenvalue weighted by Gasteiger charge is -2.31. The van der Waals surface area contributed by atoms with Crippen molar-refractivity contribution >= 4 is 40.6 Å². The van der Waals surface area contributed by atoms with E-state index in [-0.39, 0.29) is 12.4 Å². The number of rotatable bonds is 7. The third kappa shape index (κ3) is 5.55. The lowest BCUT2D eigenvalue weighted by atomic mass is 9.92. The van der Waals surface area contributed by atoms with E-state index in [0.717, 1.165) is 11.1 Å². The molecule has 0 unspecified atom stereocenters. The summed E-state index contributed by atoms with van der Waals surface area (Å²) in [5.41, 5.74) is 3.14. The molecule has 35 heavy (non-hydrogen) atoms. The van der Waals surface area contributed by atoms with Crippen LogP contribution in [0.2, 0.25) is 5.02 Å². The number of nitrogens with one attached hydrogen (secondary N) is 2. The van der Waals surface area contributed by atoms with Crippen molar-refractivity contribution in [1.29, 1.82) is 0 Å². The van der Waals surface area contributed by atoms with E-state index in [1.54, 1.807) is 48.5 Å². The van der Waals surface area contributed by atoms with Crippen LogP contribution in [0.15, 0.2) is 72.3 Å². The van der Waals surface area contributed by atoms with E-state index in [1.807, 2.05) is 6.07 Å². The first-order chi connectivity index (χ1) is 16.9. The van der Waals surface area contributed by atoms with Crippen LogP contribution in [-0.2, 0) is 16.1 Å². The van der Waals surface area contributed by atoms with Gasteiger partial charge in [-0.05, 0) is 65.3 Å². The molecule has 3 aromatic rings. The van der Waals surface area contributed by atoms with E-state index in [9.17, 15) is 9.18 Å². The molecule has 3 aromatic carbocycles. The largest absolute Gasteiger partial charge is 0.493 e. The summed E-state index contributed by atoms with van der Waals surface area (Å²) in [5, 5.41) is 7.14. The second-order valence-electron chi connectivity index (χ2n) is 7.64.